The molecule has 0 saturated carbocycles. The SMILES string of the molecule is CCOC(=O)c1cnc2ccc(-c3cnc(OC)c(NS(C)(=O)=O)c3)cn12. The molecule has 0 atom stereocenters. The summed E-state index contributed by atoms with van der Waals surface area (Å²) >= 11 is 0. The molecule has 142 valence electrons. The normalized spacial score (nSPS) is 11.4. The van der Waals surface area contributed by atoms with E-state index < -0.39 is 16.0 Å². The number of nitrogens with one attached hydrogen (secondary N) is 1. The van der Waals surface area contributed by atoms with Gasteiger partial charge in [-0.25, -0.2) is 23.2 Å². The van der Waals surface area contributed by atoms with E-state index in [0.717, 1.165) is 6.26 Å². The van der Waals surface area contributed by atoms with Gasteiger partial charge >= 0.3 is 5.97 Å². The largest absolute Gasteiger partial charge is 0.480 e. The average molecular weight is 390 g/mol. The van der Waals surface area contributed by atoms with Crippen LogP contribution < -0.4 is 9.46 Å². The van der Waals surface area contributed by atoms with Gasteiger partial charge in [-0.1, -0.05) is 0 Å². The monoisotopic (exact) mass is 390 g/mol. The van der Waals surface area contributed by atoms with Crippen LogP contribution in [-0.4, -0.2) is 48.7 Å². The number of carbonyl (C=O) groups is 1. The Bertz CT molecular complexity index is 1110. The summed E-state index contributed by atoms with van der Waals surface area (Å²) in [5.41, 5.74) is 2.43. The fourth-order valence-electron chi connectivity index (χ4n) is 2.55. The standard InChI is InChI=1S/C17H18N4O5S/c1-4-26-17(22)14-9-18-15-6-5-11(10-21(14)15)12-7-13(20-27(3,23)24)16(25-2)19-8-12/h5-10,20H,4H2,1-3H3. The molecule has 0 radical (unpaired) electrons. The topological polar surface area (TPSA) is 112 Å². The number of rotatable bonds is 6. The summed E-state index contributed by atoms with van der Waals surface area (Å²) < 4.78 is 37.3. The lowest BCUT2D eigenvalue weighted by molar-refractivity contribution is 0.0518. The second-order valence-electron chi connectivity index (χ2n) is 5.66. The summed E-state index contributed by atoms with van der Waals surface area (Å²) in [5.74, 6) is -0.325. The van der Waals surface area contributed by atoms with Crippen LogP contribution >= 0.6 is 0 Å². The van der Waals surface area contributed by atoms with Crippen LogP contribution in [0.25, 0.3) is 16.8 Å². The molecule has 0 aromatic carbocycles. The average Bonchev–Trinajstić information content (AvgIpc) is 3.03. The van der Waals surface area contributed by atoms with E-state index in [0.29, 0.717) is 22.5 Å². The molecular weight excluding hydrogens is 372 g/mol. The summed E-state index contributed by atoms with van der Waals surface area (Å²) in [7, 11) is -2.10. The van der Waals surface area contributed by atoms with Gasteiger partial charge in [-0.15, -0.1) is 0 Å². The third-order valence-electron chi connectivity index (χ3n) is 3.66. The lowest BCUT2D eigenvalue weighted by atomic mass is 10.1. The number of aromatic nitrogens is 3. The number of ether oxygens (including phenoxy) is 2. The maximum atomic E-state index is 12.1. The number of nitrogens with zero attached hydrogens (tertiary/aromatic N) is 3. The van der Waals surface area contributed by atoms with E-state index in [4.69, 9.17) is 9.47 Å². The molecule has 0 fully saturated rings. The predicted octanol–water partition coefficient (Wildman–Crippen LogP) is 1.95. The Kier molecular flexibility index (Phi) is 5.00. The molecule has 9 nitrogen and oxygen atoms in total. The molecule has 0 amide bonds. The number of carbonyl (C=O) groups excluding carboxylic acids is 1. The van der Waals surface area contributed by atoms with E-state index >= 15 is 0 Å². The smallest absolute Gasteiger partial charge is 0.356 e. The fraction of sp³-hybridized carbons (Fsp3) is 0.235. The van der Waals surface area contributed by atoms with Crippen LogP contribution in [0.2, 0.25) is 0 Å². The molecule has 0 saturated heterocycles. The second kappa shape index (κ2) is 7.23. The van der Waals surface area contributed by atoms with Crippen molar-refractivity contribution >= 4 is 27.3 Å². The van der Waals surface area contributed by atoms with Crippen molar-refractivity contribution in [3.8, 4) is 17.0 Å². The van der Waals surface area contributed by atoms with Crippen LogP contribution in [0.4, 0.5) is 5.69 Å². The summed E-state index contributed by atoms with van der Waals surface area (Å²) in [4.78, 5) is 20.4. The molecule has 1 N–H and O–H groups in total. The number of sulfonamides is 1. The highest BCUT2D eigenvalue weighted by molar-refractivity contribution is 7.92. The maximum absolute atomic E-state index is 12.1. The third kappa shape index (κ3) is 4.00. The van der Waals surface area contributed by atoms with Crippen molar-refractivity contribution < 1.29 is 22.7 Å². The van der Waals surface area contributed by atoms with Crippen molar-refractivity contribution in [1.82, 2.24) is 14.4 Å². The molecule has 0 unspecified atom stereocenters. The highest BCUT2D eigenvalue weighted by atomic mass is 32.2. The highest BCUT2D eigenvalue weighted by Crippen LogP contribution is 2.29. The minimum atomic E-state index is -3.51. The Balaban J connectivity index is 2.08. The molecule has 3 aromatic rings. The van der Waals surface area contributed by atoms with Crippen molar-refractivity contribution in [2.24, 2.45) is 0 Å². The summed E-state index contributed by atoms with van der Waals surface area (Å²) in [6.07, 6.45) is 5.75. The summed E-state index contributed by atoms with van der Waals surface area (Å²) in [6, 6.07) is 5.14. The number of esters is 1. The van der Waals surface area contributed by atoms with Gasteiger partial charge < -0.3 is 9.47 Å². The zero-order chi connectivity index (χ0) is 19.6. The third-order valence-corrected chi connectivity index (χ3v) is 4.25. The molecule has 3 aromatic heterocycles. The van der Waals surface area contributed by atoms with Crippen LogP contribution in [0.1, 0.15) is 17.4 Å². The molecule has 0 spiro atoms. The maximum Gasteiger partial charge on any atom is 0.356 e. The van der Waals surface area contributed by atoms with Crippen molar-refractivity contribution in [2.75, 3.05) is 24.7 Å². The Morgan fingerprint density at radius 3 is 2.67 bits per heavy atom. The fourth-order valence-corrected chi connectivity index (χ4v) is 3.10. The molecule has 0 bridgehead atoms. The van der Waals surface area contributed by atoms with Gasteiger partial charge in [-0.05, 0) is 25.1 Å². The van der Waals surface area contributed by atoms with Gasteiger partial charge in [0.15, 0.2) is 5.69 Å². The van der Waals surface area contributed by atoms with Crippen molar-refractivity contribution in [1.29, 1.82) is 0 Å². The zero-order valence-corrected chi connectivity index (χ0v) is 15.8. The molecule has 0 aliphatic rings. The lowest BCUT2D eigenvalue weighted by Crippen LogP contribution is -2.11. The van der Waals surface area contributed by atoms with Gasteiger partial charge in [0, 0.05) is 23.5 Å². The van der Waals surface area contributed by atoms with E-state index in [1.807, 2.05) is 0 Å². The number of anilines is 1. The number of hydrogen-bond acceptors (Lipinski definition) is 7. The van der Waals surface area contributed by atoms with Gasteiger partial charge in [-0.3, -0.25) is 9.12 Å². The lowest BCUT2D eigenvalue weighted by Gasteiger charge is -2.11. The predicted molar refractivity (Wildman–Crippen MR) is 99.4 cm³/mol. The summed E-state index contributed by atoms with van der Waals surface area (Å²) in [5, 5.41) is 0. The van der Waals surface area contributed by atoms with E-state index in [9.17, 15) is 13.2 Å². The second-order valence-corrected chi connectivity index (χ2v) is 7.41. The highest BCUT2D eigenvalue weighted by Gasteiger charge is 2.15. The van der Waals surface area contributed by atoms with Crippen molar-refractivity contribution in [2.45, 2.75) is 6.92 Å². The van der Waals surface area contributed by atoms with Crippen LogP contribution in [0.5, 0.6) is 5.88 Å². The van der Waals surface area contributed by atoms with E-state index in [-0.39, 0.29) is 18.2 Å². The van der Waals surface area contributed by atoms with Gasteiger partial charge in [0.25, 0.3) is 0 Å². The number of hydrogen-bond donors (Lipinski definition) is 1. The molecule has 27 heavy (non-hydrogen) atoms. The molecule has 10 heteroatoms. The first kappa shape index (κ1) is 18.6. The van der Waals surface area contributed by atoms with Crippen LogP contribution in [-0.2, 0) is 14.8 Å². The Morgan fingerprint density at radius 1 is 1.22 bits per heavy atom. The van der Waals surface area contributed by atoms with Crippen LogP contribution in [0.15, 0.2) is 36.8 Å². The molecule has 3 heterocycles. The van der Waals surface area contributed by atoms with Gasteiger partial charge in [-0.2, -0.15) is 0 Å². The van der Waals surface area contributed by atoms with Gasteiger partial charge in [0.05, 0.1) is 26.2 Å². The summed E-state index contributed by atoms with van der Waals surface area (Å²) in [6.45, 7) is 1.99. The first-order chi connectivity index (χ1) is 12.8. The Labute approximate surface area is 156 Å². The Hall–Kier alpha value is -3.14. The first-order valence-electron chi connectivity index (χ1n) is 7.99. The first-order valence-corrected chi connectivity index (χ1v) is 9.88. The van der Waals surface area contributed by atoms with Crippen molar-refractivity contribution in [3.05, 3.63) is 42.5 Å². The van der Waals surface area contributed by atoms with Crippen LogP contribution in [0.3, 0.4) is 0 Å². The number of imidazole rings is 1. The zero-order valence-electron chi connectivity index (χ0n) is 15.0. The molecular formula is C17H18N4O5S. The van der Waals surface area contributed by atoms with Gasteiger partial charge in [0.2, 0.25) is 15.9 Å². The molecule has 3 rings (SSSR count). The number of methoxy groups -OCH3 is 1. The van der Waals surface area contributed by atoms with E-state index in [1.165, 1.54) is 13.3 Å². The van der Waals surface area contributed by atoms with E-state index in [2.05, 4.69) is 14.7 Å². The molecule has 0 aliphatic carbocycles. The quantitative estimate of drug-likeness (QED) is 0.640. The van der Waals surface area contributed by atoms with E-state index in [1.54, 1.807) is 41.9 Å². The number of pyridine rings is 2. The van der Waals surface area contributed by atoms with Crippen molar-refractivity contribution in [3.63, 3.8) is 0 Å². The molecule has 0 aliphatic heterocycles. The minimum Gasteiger partial charge on any atom is -0.480 e. The van der Waals surface area contributed by atoms with Crippen LogP contribution in [0, 0.1) is 0 Å². The number of fused-ring (bicyclic) bond motifs is 1. The van der Waals surface area contributed by atoms with Gasteiger partial charge in [0.1, 0.15) is 11.3 Å². The Morgan fingerprint density at radius 2 is 2.00 bits per heavy atom. The minimum absolute atomic E-state index is 0.153.